The van der Waals surface area contributed by atoms with Crippen molar-refractivity contribution in [2.24, 2.45) is 5.92 Å². The van der Waals surface area contributed by atoms with Gasteiger partial charge in [-0.25, -0.2) is 9.48 Å². The normalized spacial score (nSPS) is 19.5. The number of aromatic nitrogens is 3. The molecule has 1 unspecified atom stereocenters. The Labute approximate surface area is 104 Å². The highest BCUT2D eigenvalue weighted by Crippen LogP contribution is 2.20. The van der Waals surface area contributed by atoms with Crippen molar-refractivity contribution in [1.29, 1.82) is 0 Å². The number of carbonyl (C=O) groups is 2. The van der Waals surface area contributed by atoms with Crippen LogP contribution in [0.3, 0.4) is 0 Å². The molecule has 0 spiro atoms. The number of aromatic carboxylic acids is 1. The number of likely N-dealkylation sites (tertiary alicyclic amines) is 1. The Bertz CT molecular complexity index is 457. The van der Waals surface area contributed by atoms with Crippen LogP contribution < -0.4 is 0 Å². The quantitative estimate of drug-likeness (QED) is 0.810. The maximum atomic E-state index is 11.7. The van der Waals surface area contributed by atoms with E-state index in [2.05, 4.69) is 17.2 Å². The standard InChI is InChI=1S/C11H16N4O3/c1-2-8-5-10(16)14(6-8)3-4-15-7-9(11(17)18)12-13-15/h7-8H,2-6H2,1H3,(H,17,18). The second-order valence-electron chi connectivity index (χ2n) is 4.49. The fourth-order valence-electron chi connectivity index (χ4n) is 2.07. The first kappa shape index (κ1) is 12.5. The molecular weight excluding hydrogens is 236 g/mol. The summed E-state index contributed by atoms with van der Waals surface area (Å²) in [5.74, 6) is -0.479. The highest BCUT2D eigenvalue weighted by Gasteiger charge is 2.27. The van der Waals surface area contributed by atoms with E-state index < -0.39 is 5.97 Å². The summed E-state index contributed by atoms with van der Waals surface area (Å²) in [5, 5.41) is 15.9. The van der Waals surface area contributed by atoms with Crippen LogP contribution in [0.5, 0.6) is 0 Å². The van der Waals surface area contributed by atoms with Crippen LogP contribution in [-0.4, -0.2) is 50.0 Å². The van der Waals surface area contributed by atoms with Gasteiger partial charge >= 0.3 is 5.97 Å². The first-order valence-electron chi connectivity index (χ1n) is 6.01. The first-order chi connectivity index (χ1) is 8.60. The maximum absolute atomic E-state index is 11.7. The molecule has 7 nitrogen and oxygen atoms in total. The van der Waals surface area contributed by atoms with E-state index >= 15 is 0 Å². The predicted octanol–water partition coefficient (Wildman–Crippen LogP) is 0.235. The summed E-state index contributed by atoms with van der Waals surface area (Å²) in [6, 6.07) is 0. The van der Waals surface area contributed by atoms with Crippen LogP contribution in [0.25, 0.3) is 0 Å². The Balaban J connectivity index is 1.87. The van der Waals surface area contributed by atoms with Gasteiger partial charge in [0.25, 0.3) is 0 Å². The fraction of sp³-hybridized carbons (Fsp3) is 0.636. The van der Waals surface area contributed by atoms with Gasteiger partial charge in [-0.15, -0.1) is 5.10 Å². The van der Waals surface area contributed by atoms with Crippen molar-refractivity contribution in [1.82, 2.24) is 19.9 Å². The van der Waals surface area contributed by atoms with Gasteiger partial charge in [0.1, 0.15) is 0 Å². The SMILES string of the molecule is CCC1CC(=O)N(CCn2cc(C(=O)O)nn2)C1. The molecule has 1 aromatic heterocycles. The smallest absolute Gasteiger partial charge is 0.358 e. The van der Waals surface area contributed by atoms with Crippen LogP contribution in [0.4, 0.5) is 0 Å². The molecule has 2 rings (SSSR count). The van der Waals surface area contributed by atoms with Crippen molar-refractivity contribution < 1.29 is 14.7 Å². The molecule has 1 aliphatic heterocycles. The molecule has 0 aliphatic carbocycles. The van der Waals surface area contributed by atoms with Gasteiger partial charge < -0.3 is 10.0 Å². The summed E-state index contributed by atoms with van der Waals surface area (Å²) in [6.45, 7) is 3.90. The Morgan fingerprint density at radius 3 is 2.89 bits per heavy atom. The minimum atomic E-state index is -1.09. The van der Waals surface area contributed by atoms with E-state index in [0.717, 1.165) is 13.0 Å². The van der Waals surface area contributed by atoms with E-state index in [1.165, 1.54) is 10.9 Å². The molecule has 1 saturated heterocycles. The summed E-state index contributed by atoms with van der Waals surface area (Å²) >= 11 is 0. The Morgan fingerprint density at radius 1 is 1.56 bits per heavy atom. The third kappa shape index (κ3) is 2.66. The summed E-state index contributed by atoms with van der Waals surface area (Å²) in [5.41, 5.74) is -0.0748. The number of carbonyl (C=O) groups excluding carboxylic acids is 1. The van der Waals surface area contributed by atoms with Gasteiger partial charge in [-0.05, 0) is 5.92 Å². The highest BCUT2D eigenvalue weighted by atomic mass is 16.4. The van der Waals surface area contributed by atoms with Gasteiger partial charge in [0.15, 0.2) is 5.69 Å². The summed E-state index contributed by atoms with van der Waals surface area (Å²) in [4.78, 5) is 24.1. The van der Waals surface area contributed by atoms with Gasteiger partial charge in [0, 0.05) is 19.5 Å². The summed E-state index contributed by atoms with van der Waals surface area (Å²) in [7, 11) is 0. The highest BCUT2D eigenvalue weighted by molar-refractivity contribution is 5.84. The van der Waals surface area contributed by atoms with Crippen LogP contribution in [0, 0.1) is 5.92 Å². The van der Waals surface area contributed by atoms with Crippen LogP contribution in [0.15, 0.2) is 6.20 Å². The van der Waals surface area contributed by atoms with Gasteiger partial charge in [0.05, 0.1) is 12.7 Å². The topological polar surface area (TPSA) is 88.3 Å². The number of carboxylic acids is 1. The maximum Gasteiger partial charge on any atom is 0.358 e. The lowest BCUT2D eigenvalue weighted by Crippen LogP contribution is -2.29. The average molecular weight is 252 g/mol. The molecule has 0 saturated carbocycles. The average Bonchev–Trinajstić information content (AvgIpc) is 2.93. The molecule has 0 radical (unpaired) electrons. The number of nitrogens with zero attached hydrogens (tertiary/aromatic N) is 4. The Hall–Kier alpha value is -1.92. The number of carboxylic acid groups (broad SMARTS) is 1. The molecule has 1 fully saturated rings. The molecule has 18 heavy (non-hydrogen) atoms. The molecular formula is C11H16N4O3. The number of hydrogen-bond donors (Lipinski definition) is 1. The van der Waals surface area contributed by atoms with Crippen LogP contribution in [0.2, 0.25) is 0 Å². The summed E-state index contributed by atoms with van der Waals surface area (Å²) in [6.07, 6.45) is 3.00. The number of hydrogen-bond acceptors (Lipinski definition) is 4. The largest absolute Gasteiger partial charge is 0.476 e. The fourth-order valence-corrected chi connectivity index (χ4v) is 2.07. The van der Waals surface area contributed by atoms with E-state index in [4.69, 9.17) is 5.11 Å². The van der Waals surface area contributed by atoms with Crippen LogP contribution in [-0.2, 0) is 11.3 Å². The van der Waals surface area contributed by atoms with E-state index in [9.17, 15) is 9.59 Å². The van der Waals surface area contributed by atoms with Crippen LogP contribution in [0.1, 0.15) is 30.3 Å². The van der Waals surface area contributed by atoms with Gasteiger partial charge in [-0.2, -0.15) is 0 Å². The number of rotatable bonds is 5. The van der Waals surface area contributed by atoms with E-state index in [-0.39, 0.29) is 11.6 Å². The molecule has 2 heterocycles. The molecule has 1 aromatic rings. The Morgan fingerprint density at radius 2 is 2.33 bits per heavy atom. The number of amides is 1. The molecule has 1 atom stereocenters. The molecule has 1 N–H and O–H groups in total. The first-order valence-corrected chi connectivity index (χ1v) is 6.01. The zero-order chi connectivity index (χ0) is 13.1. The van der Waals surface area contributed by atoms with E-state index in [1.807, 2.05) is 0 Å². The van der Waals surface area contributed by atoms with Gasteiger partial charge in [-0.3, -0.25) is 4.79 Å². The second kappa shape index (κ2) is 5.16. The van der Waals surface area contributed by atoms with E-state index in [0.29, 0.717) is 25.4 Å². The van der Waals surface area contributed by atoms with Crippen molar-refractivity contribution in [2.75, 3.05) is 13.1 Å². The zero-order valence-electron chi connectivity index (χ0n) is 10.2. The molecule has 1 aliphatic rings. The third-order valence-electron chi connectivity index (χ3n) is 3.23. The van der Waals surface area contributed by atoms with Crippen molar-refractivity contribution in [2.45, 2.75) is 26.3 Å². The molecule has 0 bridgehead atoms. The Kier molecular flexibility index (Phi) is 3.59. The minimum absolute atomic E-state index is 0.0748. The minimum Gasteiger partial charge on any atom is -0.476 e. The zero-order valence-corrected chi connectivity index (χ0v) is 10.2. The molecule has 98 valence electrons. The van der Waals surface area contributed by atoms with Crippen molar-refractivity contribution in [3.63, 3.8) is 0 Å². The lowest BCUT2D eigenvalue weighted by Gasteiger charge is -2.15. The lowest BCUT2D eigenvalue weighted by molar-refractivity contribution is -0.127. The predicted molar refractivity (Wildman–Crippen MR) is 62.0 cm³/mol. The molecule has 7 heteroatoms. The van der Waals surface area contributed by atoms with Crippen LogP contribution >= 0.6 is 0 Å². The van der Waals surface area contributed by atoms with Crippen molar-refractivity contribution in [3.05, 3.63) is 11.9 Å². The third-order valence-corrected chi connectivity index (χ3v) is 3.23. The summed E-state index contributed by atoms with van der Waals surface area (Å²) < 4.78 is 1.45. The lowest BCUT2D eigenvalue weighted by atomic mass is 10.1. The molecule has 0 aromatic carbocycles. The van der Waals surface area contributed by atoms with E-state index in [1.54, 1.807) is 4.90 Å². The van der Waals surface area contributed by atoms with Gasteiger partial charge in [-0.1, -0.05) is 18.6 Å². The van der Waals surface area contributed by atoms with Crippen molar-refractivity contribution >= 4 is 11.9 Å². The molecule has 1 amide bonds. The second-order valence-corrected chi connectivity index (χ2v) is 4.49. The van der Waals surface area contributed by atoms with Crippen molar-refractivity contribution in [3.8, 4) is 0 Å². The van der Waals surface area contributed by atoms with Gasteiger partial charge in [0.2, 0.25) is 5.91 Å². The monoisotopic (exact) mass is 252 g/mol.